The van der Waals surface area contributed by atoms with Gasteiger partial charge in [-0.2, -0.15) is 5.10 Å². The number of hydrogen-bond donors (Lipinski definition) is 2. The van der Waals surface area contributed by atoms with Crippen LogP contribution in [0.2, 0.25) is 0 Å². The number of nitrogens with zero attached hydrogens (tertiary/aromatic N) is 2. The van der Waals surface area contributed by atoms with Gasteiger partial charge in [0.25, 0.3) is 0 Å². The van der Waals surface area contributed by atoms with Gasteiger partial charge in [-0.05, 0) is 31.9 Å². The van der Waals surface area contributed by atoms with Crippen LogP contribution in [-0.4, -0.2) is 32.8 Å². The fraction of sp³-hybridized carbons (Fsp3) is 0.389. The quantitative estimate of drug-likeness (QED) is 0.851. The van der Waals surface area contributed by atoms with Crippen molar-refractivity contribution < 1.29 is 14.7 Å². The van der Waals surface area contributed by atoms with E-state index in [1.54, 1.807) is 18.5 Å². The van der Waals surface area contributed by atoms with Crippen molar-refractivity contribution in [3.05, 3.63) is 47.3 Å². The van der Waals surface area contributed by atoms with Gasteiger partial charge in [0.2, 0.25) is 5.91 Å². The van der Waals surface area contributed by atoms with Gasteiger partial charge in [-0.3, -0.25) is 4.79 Å². The lowest BCUT2D eigenvalue weighted by atomic mass is 10.0. The van der Waals surface area contributed by atoms with Gasteiger partial charge in [-0.15, -0.1) is 0 Å². The molecule has 0 aliphatic heterocycles. The summed E-state index contributed by atoms with van der Waals surface area (Å²) in [5.74, 6) is -1.51. The molecule has 24 heavy (non-hydrogen) atoms. The van der Waals surface area contributed by atoms with Crippen LogP contribution in [0.1, 0.15) is 30.8 Å². The zero-order chi connectivity index (χ0) is 17.9. The molecule has 1 aromatic heterocycles. The third-order valence-corrected chi connectivity index (χ3v) is 4.03. The lowest BCUT2D eigenvalue weighted by Gasteiger charge is -2.17. The minimum atomic E-state index is -1.02. The first-order chi connectivity index (χ1) is 11.3. The van der Waals surface area contributed by atoms with Gasteiger partial charge < -0.3 is 10.4 Å². The molecule has 1 atom stereocenters. The van der Waals surface area contributed by atoms with Gasteiger partial charge in [0.1, 0.15) is 6.04 Å². The lowest BCUT2D eigenvalue weighted by molar-refractivity contribution is -0.143. The van der Waals surface area contributed by atoms with Crippen LogP contribution in [0.15, 0.2) is 30.3 Å². The number of aromatic nitrogens is 2. The molecule has 0 spiro atoms. The Morgan fingerprint density at radius 3 is 2.38 bits per heavy atom. The maximum atomic E-state index is 12.3. The molecule has 0 bridgehead atoms. The van der Waals surface area contributed by atoms with E-state index in [1.807, 2.05) is 44.2 Å². The highest BCUT2D eigenvalue weighted by molar-refractivity contribution is 5.85. The van der Waals surface area contributed by atoms with Crippen LogP contribution in [0, 0.1) is 19.8 Å². The topological polar surface area (TPSA) is 84.2 Å². The number of carboxylic acid groups (broad SMARTS) is 1. The predicted molar refractivity (Wildman–Crippen MR) is 91.1 cm³/mol. The molecule has 0 aliphatic carbocycles. The summed E-state index contributed by atoms with van der Waals surface area (Å²) < 4.78 is 1.80. The van der Waals surface area contributed by atoms with Gasteiger partial charge in [0.05, 0.1) is 17.8 Å². The standard InChI is InChI=1S/C18H23N3O3/c1-11(2)17(18(23)24)19-16(22)10-15-12(3)20-21(13(15)4)14-8-6-5-7-9-14/h5-9,11,17H,10H2,1-4H3,(H,19,22)(H,23,24). The van der Waals surface area contributed by atoms with Crippen LogP contribution in [0.3, 0.4) is 0 Å². The van der Waals surface area contributed by atoms with Crippen molar-refractivity contribution in [2.45, 2.75) is 40.2 Å². The monoisotopic (exact) mass is 329 g/mol. The molecule has 2 N–H and O–H groups in total. The average Bonchev–Trinajstić information content (AvgIpc) is 2.81. The summed E-state index contributed by atoms with van der Waals surface area (Å²) in [7, 11) is 0. The Labute approximate surface area is 141 Å². The molecule has 6 heteroatoms. The third-order valence-electron chi connectivity index (χ3n) is 4.03. The Hall–Kier alpha value is -2.63. The molecule has 1 unspecified atom stereocenters. The smallest absolute Gasteiger partial charge is 0.326 e. The van der Waals surface area contributed by atoms with Crippen molar-refractivity contribution in [1.82, 2.24) is 15.1 Å². The number of hydrogen-bond acceptors (Lipinski definition) is 3. The Morgan fingerprint density at radius 1 is 1.21 bits per heavy atom. The van der Waals surface area contributed by atoms with Crippen LogP contribution in [-0.2, 0) is 16.0 Å². The first-order valence-corrected chi connectivity index (χ1v) is 7.94. The summed E-state index contributed by atoms with van der Waals surface area (Å²) in [6.45, 7) is 7.30. The molecule has 2 aromatic rings. The molecule has 0 radical (unpaired) electrons. The van der Waals surface area contributed by atoms with Crippen LogP contribution < -0.4 is 5.32 Å². The van der Waals surface area contributed by atoms with Crippen molar-refractivity contribution in [3.8, 4) is 5.69 Å². The van der Waals surface area contributed by atoms with Crippen LogP contribution in [0.4, 0.5) is 0 Å². The largest absolute Gasteiger partial charge is 0.480 e. The lowest BCUT2D eigenvalue weighted by Crippen LogP contribution is -2.45. The number of rotatable bonds is 6. The third kappa shape index (κ3) is 3.82. The van der Waals surface area contributed by atoms with Crippen LogP contribution in [0.5, 0.6) is 0 Å². The number of para-hydroxylation sites is 1. The number of aryl methyl sites for hydroxylation is 1. The van der Waals surface area contributed by atoms with E-state index in [4.69, 9.17) is 0 Å². The Kier molecular flexibility index (Phi) is 5.39. The van der Waals surface area contributed by atoms with E-state index in [2.05, 4.69) is 10.4 Å². The van der Waals surface area contributed by atoms with E-state index in [-0.39, 0.29) is 18.2 Å². The number of amides is 1. The van der Waals surface area contributed by atoms with Crippen molar-refractivity contribution in [3.63, 3.8) is 0 Å². The number of carbonyl (C=O) groups is 2. The maximum absolute atomic E-state index is 12.3. The molecule has 1 amide bonds. The van der Waals surface area contributed by atoms with Crippen molar-refractivity contribution in [2.75, 3.05) is 0 Å². The molecule has 0 saturated heterocycles. The second-order valence-electron chi connectivity index (χ2n) is 6.20. The predicted octanol–water partition coefficient (Wildman–Crippen LogP) is 2.26. The normalized spacial score (nSPS) is 12.2. The number of carboxylic acids is 1. The highest BCUT2D eigenvalue weighted by atomic mass is 16.4. The van der Waals surface area contributed by atoms with E-state index < -0.39 is 12.0 Å². The number of aliphatic carboxylic acids is 1. The van der Waals surface area contributed by atoms with Crippen molar-refractivity contribution in [1.29, 1.82) is 0 Å². The molecule has 0 aliphatic rings. The van der Waals surface area contributed by atoms with Gasteiger partial charge in [-0.1, -0.05) is 32.0 Å². The molecule has 0 fully saturated rings. The van der Waals surface area contributed by atoms with Gasteiger partial charge in [-0.25, -0.2) is 9.48 Å². The van der Waals surface area contributed by atoms with E-state index in [0.717, 1.165) is 22.6 Å². The number of nitrogens with one attached hydrogen (secondary N) is 1. The summed E-state index contributed by atoms with van der Waals surface area (Å²) in [5.41, 5.74) is 3.40. The first-order valence-electron chi connectivity index (χ1n) is 7.94. The molecule has 1 aromatic carbocycles. The molecular formula is C18H23N3O3. The number of benzene rings is 1. The minimum Gasteiger partial charge on any atom is -0.480 e. The zero-order valence-electron chi connectivity index (χ0n) is 14.4. The molecular weight excluding hydrogens is 306 g/mol. The van der Waals surface area contributed by atoms with Crippen LogP contribution in [0.25, 0.3) is 5.69 Å². The summed E-state index contributed by atoms with van der Waals surface area (Å²) in [6.07, 6.45) is 0.112. The summed E-state index contributed by atoms with van der Waals surface area (Å²) in [5, 5.41) is 16.3. The van der Waals surface area contributed by atoms with E-state index in [0.29, 0.717) is 0 Å². The maximum Gasteiger partial charge on any atom is 0.326 e. The van der Waals surface area contributed by atoms with E-state index in [1.165, 1.54) is 0 Å². The SMILES string of the molecule is Cc1nn(-c2ccccc2)c(C)c1CC(=O)NC(C(=O)O)C(C)C. The highest BCUT2D eigenvalue weighted by Gasteiger charge is 2.24. The molecule has 6 nitrogen and oxygen atoms in total. The van der Waals surface area contributed by atoms with Gasteiger partial charge >= 0.3 is 5.97 Å². The summed E-state index contributed by atoms with van der Waals surface area (Å²) >= 11 is 0. The fourth-order valence-electron chi connectivity index (χ4n) is 2.65. The molecule has 2 rings (SSSR count). The van der Waals surface area contributed by atoms with E-state index >= 15 is 0 Å². The van der Waals surface area contributed by atoms with Gasteiger partial charge in [0, 0.05) is 11.3 Å². The van der Waals surface area contributed by atoms with Crippen molar-refractivity contribution in [2.24, 2.45) is 5.92 Å². The van der Waals surface area contributed by atoms with E-state index in [9.17, 15) is 14.7 Å². The molecule has 1 heterocycles. The molecule has 128 valence electrons. The zero-order valence-corrected chi connectivity index (χ0v) is 14.4. The Bertz CT molecular complexity index is 735. The second-order valence-corrected chi connectivity index (χ2v) is 6.20. The fourth-order valence-corrected chi connectivity index (χ4v) is 2.65. The average molecular weight is 329 g/mol. The minimum absolute atomic E-state index is 0.112. The Balaban J connectivity index is 2.20. The first kappa shape index (κ1) is 17.7. The summed E-state index contributed by atoms with van der Waals surface area (Å²) in [6, 6.07) is 8.80. The summed E-state index contributed by atoms with van der Waals surface area (Å²) in [4.78, 5) is 23.5. The van der Waals surface area contributed by atoms with Crippen LogP contribution >= 0.6 is 0 Å². The van der Waals surface area contributed by atoms with Gasteiger partial charge in [0.15, 0.2) is 0 Å². The Morgan fingerprint density at radius 2 is 1.83 bits per heavy atom. The highest BCUT2D eigenvalue weighted by Crippen LogP contribution is 2.18. The second kappa shape index (κ2) is 7.29. The van der Waals surface area contributed by atoms with Crippen molar-refractivity contribution >= 4 is 11.9 Å². The number of carbonyl (C=O) groups excluding carboxylic acids is 1. The molecule has 0 saturated carbocycles.